The van der Waals surface area contributed by atoms with Gasteiger partial charge < -0.3 is 20.9 Å². The molecule has 1 atom stereocenters. The SMILES string of the molecule is CC(=O)Nc1ccc(C(=O)NCCNC(=O)[C@@H]2CCCN(c3ccc(=O)n(C)n3)C2)cc1. The molecule has 0 saturated carbocycles. The van der Waals surface area contributed by atoms with Crippen molar-refractivity contribution in [1.82, 2.24) is 20.4 Å². The molecule has 2 aromatic rings. The number of amides is 3. The van der Waals surface area contributed by atoms with Crippen LogP contribution < -0.4 is 26.4 Å². The first-order valence-corrected chi connectivity index (χ1v) is 10.6. The van der Waals surface area contributed by atoms with E-state index < -0.39 is 0 Å². The highest BCUT2D eigenvalue weighted by Gasteiger charge is 2.26. The maximum atomic E-state index is 12.6. The average Bonchev–Trinajstić information content (AvgIpc) is 2.78. The van der Waals surface area contributed by atoms with Crippen molar-refractivity contribution in [3.8, 4) is 0 Å². The molecule has 1 saturated heterocycles. The quantitative estimate of drug-likeness (QED) is 0.539. The van der Waals surface area contributed by atoms with Gasteiger partial charge in [-0.25, -0.2) is 4.68 Å². The zero-order valence-electron chi connectivity index (χ0n) is 18.3. The van der Waals surface area contributed by atoms with Gasteiger partial charge in [-0.1, -0.05) is 0 Å². The number of nitrogens with zero attached hydrogens (tertiary/aromatic N) is 3. The number of nitrogens with one attached hydrogen (secondary N) is 3. The summed E-state index contributed by atoms with van der Waals surface area (Å²) in [4.78, 5) is 49.4. The van der Waals surface area contributed by atoms with E-state index in [1.807, 2.05) is 4.90 Å². The number of benzene rings is 1. The lowest BCUT2D eigenvalue weighted by Gasteiger charge is -2.32. The second kappa shape index (κ2) is 10.6. The summed E-state index contributed by atoms with van der Waals surface area (Å²) in [6.07, 6.45) is 1.63. The summed E-state index contributed by atoms with van der Waals surface area (Å²) in [5.41, 5.74) is 0.916. The molecule has 1 fully saturated rings. The van der Waals surface area contributed by atoms with Crippen molar-refractivity contribution in [2.45, 2.75) is 19.8 Å². The van der Waals surface area contributed by atoms with Gasteiger partial charge in [-0.2, -0.15) is 5.10 Å². The highest BCUT2D eigenvalue weighted by molar-refractivity contribution is 5.95. The summed E-state index contributed by atoms with van der Waals surface area (Å²) >= 11 is 0. The molecule has 1 aromatic heterocycles. The molecule has 1 aromatic carbocycles. The molecule has 0 bridgehead atoms. The Morgan fingerprint density at radius 1 is 1.06 bits per heavy atom. The molecule has 0 aliphatic carbocycles. The molecule has 0 unspecified atom stereocenters. The minimum absolute atomic E-state index is 0.0616. The van der Waals surface area contributed by atoms with Crippen molar-refractivity contribution < 1.29 is 14.4 Å². The van der Waals surface area contributed by atoms with Crippen molar-refractivity contribution in [3.05, 3.63) is 52.3 Å². The van der Waals surface area contributed by atoms with Crippen molar-refractivity contribution in [2.24, 2.45) is 13.0 Å². The van der Waals surface area contributed by atoms with E-state index >= 15 is 0 Å². The Labute approximate surface area is 186 Å². The van der Waals surface area contributed by atoms with E-state index in [4.69, 9.17) is 0 Å². The summed E-state index contributed by atoms with van der Waals surface area (Å²) in [7, 11) is 1.60. The fraction of sp³-hybridized carbons (Fsp3) is 0.409. The molecule has 2 heterocycles. The molecular formula is C22H28N6O4. The predicted octanol–water partition coefficient (Wildman–Crippen LogP) is 0.501. The molecule has 3 amide bonds. The number of rotatable bonds is 7. The van der Waals surface area contributed by atoms with E-state index in [1.165, 1.54) is 17.7 Å². The van der Waals surface area contributed by atoms with Gasteiger partial charge in [-0.05, 0) is 43.2 Å². The third-order valence-electron chi connectivity index (χ3n) is 5.24. The number of hydrogen-bond acceptors (Lipinski definition) is 6. The zero-order valence-corrected chi connectivity index (χ0v) is 18.3. The summed E-state index contributed by atoms with van der Waals surface area (Å²) in [5.74, 6) is 0.0116. The minimum Gasteiger partial charge on any atom is -0.354 e. The van der Waals surface area contributed by atoms with Crippen LogP contribution in [0, 0.1) is 5.92 Å². The summed E-state index contributed by atoms with van der Waals surface area (Å²) in [6, 6.07) is 9.73. The Morgan fingerprint density at radius 2 is 1.78 bits per heavy atom. The van der Waals surface area contributed by atoms with Crippen LogP contribution in [0.3, 0.4) is 0 Å². The molecule has 170 valence electrons. The Kier molecular flexibility index (Phi) is 7.58. The largest absolute Gasteiger partial charge is 0.354 e. The Balaban J connectivity index is 1.43. The number of aryl methyl sites for hydroxylation is 1. The van der Waals surface area contributed by atoms with Crippen molar-refractivity contribution in [3.63, 3.8) is 0 Å². The maximum Gasteiger partial charge on any atom is 0.266 e. The molecule has 0 spiro atoms. The first kappa shape index (κ1) is 23.0. The van der Waals surface area contributed by atoms with E-state index in [1.54, 1.807) is 37.4 Å². The highest BCUT2D eigenvalue weighted by atomic mass is 16.2. The molecule has 10 nitrogen and oxygen atoms in total. The fourth-order valence-electron chi connectivity index (χ4n) is 3.57. The molecule has 1 aliphatic rings. The normalized spacial score (nSPS) is 15.7. The van der Waals surface area contributed by atoms with Crippen molar-refractivity contribution in [2.75, 3.05) is 36.4 Å². The number of piperidine rings is 1. The van der Waals surface area contributed by atoms with Crippen LogP contribution in [0.5, 0.6) is 0 Å². The van der Waals surface area contributed by atoms with Crippen LogP contribution >= 0.6 is 0 Å². The van der Waals surface area contributed by atoms with Crippen LogP contribution in [0.1, 0.15) is 30.1 Å². The molecule has 3 N–H and O–H groups in total. The first-order valence-electron chi connectivity index (χ1n) is 10.6. The molecule has 10 heteroatoms. The lowest BCUT2D eigenvalue weighted by Crippen LogP contribution is -2.45. The van der Waals surface area contributed by atoms with Crippen LogP contribution in [0.15, 0.2) is 41.2 Å². The highest BCUT2D eigenvalue weighted by Crippen LogP contribution is 2.21. The fourth-order valence-corrected chi connectivity index (χ4v) is 3.57. The Bertz CT molecular complexity index is 1030. The monoisotopic (exact) mass is 440 g/mol. The maximum absolute atomic E-state index is 12.6. The van der Waals surface area contributed by atoms with Crippen LogP contribution in [0.2, 0.25) is 0 Å². The van der Waals surface area contributed by atoms with Gasteiger partial charge in [0.1, 0.15) is 5.82 Å². The van der Waals surface area contributed by atoms with Gasteiger partial charge in [0.25, 0.3) is 11.5 Å². The van der Waals surface area contributed by atoms with E-state index in [2.05, 4.69) is 21.0 Å². The zero-order chi connectivity index (χ0) is 23.1. The van der Waals surface area contributed by atoms with E-state index in [0.29, 0.717) is 36.7 Å². The van der Waals surface area contributed by atoms with Crippen LogP contribution in [0.4, 0.5) is 11.5 Å². The van der Waals surface area contributed by atoms with Gasteiger partial charge in [0.2, 0.25) is 11.8 Å². The second-order valence-corrected chi connectivity index (χ2v) is 7.74. The lowest BCUT2D eigenvalue weighted by molar-refractivity contribution is -0.125. The third-order valence-corrected chi connectivity index (χ3v) is 5.24. The second-order valence-electron chi connectivity index (χ2n) is 7.74. The van der Waals surface area contributed by atoms with E-state index in [-0.39, 0.29) is 29.2 Å². The minimum atomic E-state index is -0.252. The average molecular weight is 441 g/mol. The van der Waals surface area contributed by atoms with Crippen molar-refractivity contribution in [1.29, 1.82) is 0 Å². The summed E-state index contributed by atoms with van der Waals surface area (Å²) in [6.45, 7) is 3.36. The van der Waals surface area contributed by atoms with Crippen molar-refractivity contribution >= 4 is 29.2 Å². The number of anilines is 2. The Morgan fingerprint density at radius 3 is 2.47 bits per heavy atom. The van der Waals surface area contributed by atoms with Gasteiger partial charge in [0, 0.05) is 57.5 Å². The topological polar surface area (TPSA) is 125 Å². The molecule has 1 aliphatic heterocycles. The van der Waals surface area contributed by atoms with Crippen LogP contribution in [0.25, 0.3) is 0 Å². The molecule has 0 radical (unpaired) electrons. The van der Waals surface area contributed by atoms with Gasteiger partial charge in [-0.15, -0.1) is 0 Å². The standard InChI is InChI=1S/C22H28N6O4/c1-15(29)25-18-7-5-16(6-8-18)21(31)23-11-12-24-22(32)17-4-3-13-28(14-17)19-9-10-20(30)27(2)26-19/h5-10,17H,3-4,11-14H2,1-2H3,(H,23,31)(H,24,32)(H,25,29)/t17-/m1/s1. The summed E-state index contributed by atoms with van der Waals surface area (Å²) < 4.78 is 1.29. The van der Waals surface area contributed by atoms with Gasteiger partial charge in [0.05, 0.1) is 5.92 Å². The number of carbonyl (C=O) groups is 3. The van der Waals surface area contributed by atoms with E-state index in [9.17, 15) is 19.2 Å². The van der Waals surface area contributed by atoms with E-state index in [0.717, 1.165) is 19.4 Å². The molecule has 32 heavy (non-hydrogen) atoms. The lowest BCUT2D eigenvalue weighted by atomic mass is 9.97. The smallest absolute Gasteiger partial charge is 0.266 e. The number of aromatic nitrogens is 2. The summed E-state index contributed by atoms with van der Waals surface area (Å²) in [5, 5.41) is 12.6. The third kappa shape index (κ3) is 6.16. The molecule has 3 rings (SSSR count). The number of hydrogen-bond donors (Lipinski definition) is 3. The van der Waals surface area contributed by atoms with Gasteiger partial charge in [0.15, 0.2) is 0 Å². The number of carbonyl (C=O) groups excluding carboxylic acids is 3. The van der Waals surface area contributed by atoms with Crippen LogP contribution in [-0.2, 0) is 16.6 Å². The van der Waals surface area contributed by atoms with Gasteiger partial charge >= 0.3 is 0 Å². The first-order chi connectivity index (χ1) is 15.3. The predicted molar refractivity (Wildman–Crippen MR) is 121 cm³/mol. The Hall–Kier alpha value is -3.69. The van der Waals surface area contributed by atoms with Gasteiger partial charge in [-0.3, -0.25) is 19.2 Å². The van der Waals surface area contributed by atoms with Crippen LogP contribution in [-0.4, -0.2) is 53.7 Å². The molecular weight excluding hydrogens is 412 g/mol.